The summed E-state index contributed by atoms with van der Waals surface area (Å²) in [5.41, 5.74) is 3.66. The van der Waals surface area contributed by atoms with Crippen molar-refractivity contribution in [2.45, 2.75) is 58.2 Å². The molecule has 3 aliphatic rings. The lowest BCUT2D eigenvalue weighted by molar-refractivity contribution is 0.0394. The van der Waals surface area contributed by atoms with Gasteiger partial charge in [0.05, 0.1) is 18.2 Å². The Kier molecular flexibility index (Phi) is 5.33. The molecule has 0 bridgehead atoms. The molecule has 0 radical (unpaired) electrons. The molecule has 1 saturated carbocycles. The Labute approximate surface area is 199 Å². The Balaban J connectivity index is 1.35. The van der Waals surface area contributed by atoms with Crippen molar-refractivity contribution in [3.63, 3.8) is 0 Å². The van der Waals surface area contributed by atoms with Gasteiger partial charge in [0.2, 0.25) is 5.78 Å². The summed E-state index contributed by atoms with van der Waals surface area (Å²) in [6, 6.07) is 10.3. The molecule has 6 nitrogen and oxygen atoms in total. The first-order chi connectivity index (χ1) is 16.7. The fraction of sp³-hybridized carbons (Fsp3) is 0.393. The van der Waals surface area contributed by atoms with Crippen molar-refractivity contribution in [2.75, 3.05) is 13.8 Å². The van der Waals surface area contributed by atoms with Crippen molar-refractivity contribution < 1.29 is 19.0 Å². The second kappa shape index (κ2) is 8.51. The van der Waals surface area contributed by atoms with Crippen LogP contribution in [0.15, 0.2) is 42.3 Å². The first kappa shape index (κ1) is 21.3. The van der Waals surface area contributed by atoms with E-state index in [0.717, 1.165) is 46.6 Å². The number of aryl methyl sites for hydroxylation is 1. The lowest BCUT2D eigenvalue weighted by Gasteiger charge is -2.37. The van der Waals surface area contributed by atoms with E-state index in [2.05, 4.69) is 28.7 Å². The van der Waals surface area contributed by atoms with Gasteiger partial charge in [0.15, 0.2) is 5.76 Å². The van der Waals surface area contributed by atoms with Crippen molar-refractivity contribution in [3.05, 3.63) is 59.0 Å². The van der Waals surface area contributed by atoms with Gasteiger partial charge in [-0.3, -0.25) is 9.69 Å². The maximum absolute atomic E-state index is 13.3. The third kappa shape index (κ3) is 3.48. The van der Waals surface area contributed by atoms with Crippen molar-refractivity contribution >= 4 is 22.8 Å². The molecular weight excluding hydrogens is 428 g/mol. The molecule has 0 atom stereocenters. The van der Waals surface area contributed by atoms with E-state index < -0.39 is 0 Å². The highest BCUT2D eigenvalue weighted by atomic mass is 16.5. The number of hydrogen-bond donors (Lipinski definition) is 0. The van der Waals surface area contributed by atoms with Crippen LogP contribution >= 0.6 is 0 Å². The van der Waals surface area contributed by atoms with E-state index in [0.29, 0.717) is 29.8 Å². The van der Waals surface area contributed by atoms with Gasteiger partial charge < -0.3 is 18.8 Å². The van der Waals surface area contributed by atoms with Crippen LogP contribution < -0.4 is 14.2 Å². The highest BCUT2D eigenvalue weighted by molar-refractivity contribution is 6.15. The Morgan fingerprint density at radius 2 is 2.00 bits per heavy atom. The fourth-order valence-electron chi connectivity index (χ4n) is 5.60. The normalized spacial score (nSPS) is 19.7. The summed E-state index contributed by atoms with van der Waals surface area (Å²) >= 11 is 0. The minimum absolute atomic E-state index is 0.0760. The van der Waals surface area contributed by atoms with Crippen LogP contribution in [0.3, 0.4) is 0 Å². The molecule has 6 rings (SSSR count). The molecule has 6 heteroatoms. The molecule has 3 heterocycles. The Morgan fingerprint density at radius 1 is 1.15 bits per heavy atom. The van der Waals surface area contributed by atoms with E-state index in [1.165, 1.54) is 32.1 Å². The molecule has 3 aromatic rings. The number of hydrogen-bond acceptors (Lipinski definition) is 5. The molecule has 1 aliphatic carbocycles. The van der Waals surface area contributed by atoms with Crippen molar-refractivity contribution in [1.29, 1.82) is 0 Å². The molecule has 1 fully saturated rings. The van der Waals surface area contributed by atoms with Gasteiger partial charge >= 0.3 is 0 Å². The number of carbonyl (C=O) groups excluding carboxylic acids is 1. The average molecular weight is 459 g/mol. The highest BCUT2D eigenvalue weighted by Gasteiger charge is 2.35. The van der Waals surface area contributed by atoms with Crippen molar-refractivity contribution in [1.82, 2.24) is 9.47 Å². The molecule has 2 aliphatic heterocycles. The quantitative estimate of drug-likeness (QED) is 0.465. The van der Waals surface area contributed by atoms with Gasteiger partial charge in [0.1, 0.15) is 24.0 Å². The number of aromatic nitrogens is 1. The van der Waals surface area contributed by atoms with Crippen LogP contribution in [-0.2, 0) is 13.1 Å². The lowest BCUT2D eigenvalue weighted by atomic mass is 9.93. The summed E-state index contributed by atoms with van der Waals surface area (Å²) in [6.07, 6.45) is 10.2. The zero-order chi connectivity index (χ0) is 23.2. The summed E-state index contributed by atoms with van der Waals surface area (Å²) in [5.74, 6) is 2.55. The predicted octanol–water partition coefficient (Wildman–Crippen LogP) is 5.77. The Morgan fingerprint density at radius 3 is 2.79 bits per heavy atom. The number of methoxy groups -OCH3 is 1. The minimum atomic E-state index is -0.0760. The number of ketones is 1. The van der Waals surface area contributed by atoms with Crippen LogP contribution in [0.4, 0.5) is 0 Å². The summed E-state index contributed by atoms with van der Waals surface area (Å²) in [6.45, 7) is 4.31. The molecule has 0 spiro atoms. The molecule has 0 amide bonds. The monoisotopic (exact) mass is 458 g/mol. The van der Waals surface area contributed by atoms with E-state index in [1.54, 1.807) is 7.11 Å². The van der Waals surface area contributed by atoms with Gasteiger partial charge in [0.25, 0.3) is 0 Å². The first-order valence-electron chi connectivity index (χ1n) is 12.3. The third-order valence-electron chi connectivity index (χ3n) is 7.48. The maximum Gasteiger partial charge on any atom is 0.231 e. The number of rotatable bonds is 4. The van der Waals surface area contributed by atoms with Crippen molar-refractivity contribution in [2.24, 2.45) is 0 Å². The largest absolute Gasteiger partial charge is 0.497 e. The van der Waals surface area contributed by atoms with E-state index >= 15 is 0 Å². The number of carbonyl (C=O) groups is 1. The Bertz CT molecular complexity index is 1300. The molecule has 1 aromatic heterocycles. The van der Waals surface area contributed by atoms with Gasteiger partial charge in [-0.25, -0.2) is 0 Å². The van der Waals surface area contributed by atoms with E-state index in [4.69, 9.17) is 14.2 Å². The fourth-order valence-corrected chi connectivity index (χ4v) is 5.60. The summed E-state index contributed by atoms with van der Waals surface area (Å²) in [5, 5.41) is 1.04. The Hall–Kier alpha value is -3.25. The van der Waals surface area contributed by atoms with Crippen molar-refractivity contribution in [3.8, 4) is 17.2 Å². The van der Waals surface area contributed by atoms with E-state index in [1.807, 2.05) is 30.3 Å². The van der Waals surface area contributed by atoms with Gasteiger partial charge in [-0.2, -0.15) is 0 Å². The number of benzene rings is 2. The second-order valence-corrected chi connectivity index (χ2v) is 9.42. The van der Waals surface area contributed by atoms with Crippen LogP contribution in [0, 0.1) is 0 Å². The van der Waals surface area contributed by atoms with E-state index in [-0.39, 0.29) is 5.78 Å². The third-order valence-corrected chi connectivity index (χ3v) is 7.48. The van der Waals surface area contributed by atoms with Crippen LogP contribution in [0.1, 0.15) is 60.5 Å². The highest BCUT2D eigenvalue weighted by Crippen LogP contribution is 2.43. The van der Waals surface area contributed by atoms with Crippen LogP contribution in [0.2, 0.25) is 0 Å². The smallest absolute Gasteiger partial charge is 0.231 e. The van der Waals surface area contributed by atoms with Crippen LogP contribution in [0.25, 0.3) is 17.0 Å². The topological polar surface area (TPSA) is 52.9 Å². The number of ether oxygens (including phenoxy) is 3. The number of fused-ring (bicyclic) bond motifs is 4. The van der Waals surface area contributed by atoms with Crippen LogP contribution in [-0.4, -0.2) is 35.1 Å². The summed E-state index contributed by atoms with van der Waals surface area (Å²) < 4.78 is 20.0. The standard InChI is InChI=1S/C28H30N2O4/c1-3-29-15-18(22-14-20(32-2)9-11-24(22)29)13-26-27(31)21-10-12-25-23(28(21)34-26)16-30(17-33-25)19-7-5-4-6-8-19/h9-15,19H,3-8,16-17H2,1-2H3/b26-13+. The molecule has 176 valence electrons. The molecule has 2 aromatic carbocycles. The maximum atomic E-state index is 13.3. The average Bonchev–Trinajstić information content (AvgIpc) is 3.41. The molecule has 0 unspecified atom stereocenters. The van der Waals surface area contributed by atoms with Gasteiger partial charge in [-0.05, 0) is 56.2 Å². The predicted molar refractivity (Wildman–Crippen MR) is 131 cm³/mol. The van der Waals surface area contributed by atoms with Gasteiger partial charge in [-0.1, -0.05) is 19.3 Å². The zero-order valence-corrected chi connectivity index (χ0v) is 19.8. The summed E-state index contributed by atoms with van der Waals surface area (Å²) in [4.78, 5) is 15.7. The molecular formula is C28H30N2O4. The number of Topliss-reactive ketones (excluding diaryl/α,β-unsaturated/α-hetero) is 1. The zero-order valence-electron chi connectivity index (χ0n) is 19.8. The molecule has 0 saturated heterocycles. The summed E-state index contributed by atoms with van der Waals surface area (Å²) in [7, 11) is 1.66. The molecule has 0 N–H and O–H groups in total. The first-order valence-corrected chi connectivity index (χ1v) is 12.3. The number of nitrogens with zero attached hydrogens (tertiary/aromatic N) is 2. The van der Waals surface area contributed by atoms with Gasteiger partial charge in [0, 0.05) is 41.8 Å². The SMILES string of the molecule is CCn1cc(/C=C2/Oc3c(ccc4c3CN(C3CCCCC3)CO4)C2=O)c2cc(OC)ccc21. The van der Waals surface area contributed by atoms with Gasteiger partial charge in [-0.15, -0.1) is 0 Å². The lowest BCUT2D eigenvalue weighted by Crippen LogP contribution is -2.41. The molecule has 34 heavy (non-hydrogen) atoms. The minimum Gasteiger partial charge on any atom is -0.497 e. The van der Waals surface area contributed by atoms with E-state index in [9.17, 15) is 4.79 Å². The second-order valence-electron chi connectivity index (χ2n) is 9.42. The van der Waals surface area contributed by atoms with Crippen LogP contribution in [0.5, 0.6) is 17.2 Å². The number of allylic oxidation sites excluding steroid dienone is 1.